The highest BCUT2D eigenvalue weighted by molar-refractivity contribution is 6.07. The Morgan fingerprint density at radius 1 is 0.968 bits per heavy atom. The first kappa shape index (κ1) is 22.8. The quantitative estimate of drug-likeness (QED) is 0.488. The monoisotopic (exact) mass is 419 g/mol. The van der Waals surface area contributed by atoms with Gasteiger partial charge in [-0.15, -0.1) is 0 Å². The molecule has 1 aliphatic heterocycles. The molecule has 2 aromatic rings. The molecular weight excluding hydrogens is 386 g/mol. The van der Waals surface area contributed by atoms with E-state index in [0.717, 1.165) is 35.3 Å². The summed E-state index contributed by atoms with van der Waals surface area (Å²) in [5.74, 6) is 0.369. The van der Waals surface area contributed by atoms with Crippen LogP contribution in [-0.4, -0.2) is 23.3 Å². The van der Waals surface area contributed by atoms with Crippen LogP contribution in [-0.2, 0) is 15.6 Å². The molecule has 3 rings (SSSR count). The van der Waals surface area contributed by atoms with E-state index >= 15 is 0 Å². The number of phenols is 1. The van der Waals surface area contributed by atoms with E-state index in [1.54, 1.807) is 23.1 Å². The Balaban J connectivity index is 1.87. The maximum absolute atomic E-state index is 12.7. The molecule has 0 atom stereocenters. The second-order valence-electron chi connectivity index (χ2n) is 10.4. The first-order valence-electron chi connectivity index (χ1n) is 10.9. The molecule has 0 aromatic heterocycles. The number of nitrogens with zero attached hydrogens (tertiary/aromatic N) is 1. The van der Waals surface area contributed by atoms with E-state index in [1.807, 2.05) is 30.3 Å². The van der Waals surface area contributed by atoms with E-state index in [2.05, 4.69) is 41.5 Å². The minimum Gasteiger partial charge on any atom is -0.507 e. The fourth-order valence-electron chi connectivity index (χ4n) is 3.89. The number of hydrogen-bond donors (Lipinski definition) is 1. The number of amides is 1. The van der Waals surface area contributed by atoms with Crippen LogP contribution in [0.1, 0.15) is 81.4 Å². The van der Waals surface area contributed by atoms with Crippen molar-refractivity contribution in [3.8, 4) is 5.75 Å². The lowest BCUT2D eigenvalue weighted by molar-refractivity contribution is -0.117. The van der Waals surface area contributed by atoms with Crippen molar-refractivity contribution in [3.63, 3.8) is 0 Å². The van der Waals surface area contributed by atoms with Crippen molar-refractivity contribution in [2.45, 2.75) is 65.2 Å². The summed E-state index contributed by atoms with van der Waals surface area (Å²) in [7, 11) is 0. The maximum atomic E-state index is 12.7. The first-order valence-corrected chi connectivity index (χ1v) is 10.9. The summed E-state index contributed by atoms with van der Waals surface area (Å²) in [5, 5.41) is 10.9. The average molecular weight is 420 g/mol. The lowest BCUT2D eigenvalue weighted by Gasteiger charge is -2.27. The van der Waals surface area contributed by atoms with Crippen LogP contribution in [0.3, 0.4) is 0 Å². The topological polar surface area (TPSA) is 57.6 Å². The van der Waals surface area contributed by atoms with Gasteiger partial charge in [0.15, 0.2) is 5.78 Å². The van der Waals surface area contributed by atoms with Crippen molar-refractivity contribution >= 4 is 23.5 Å². The maximum Gasteiger partial charge on any atom is 0.227 e. The molecule has 0 bridgehead atoms. The minimum atomic E-state index is -0.221. The zero-order chi connectivity index (χ0) is 23.0. The highest BCUT2D eigenvalue weighted by Crippen LogP contribution is 2.40. The Morgan fingerprint density at radius 3 is 1.97 bits per heavy atom. The Bertz CT molecular complexity index is 983. The van der Waals surface area contributed by atoms with Gasteiger partial charge < -0.3 is 10.0 Å². The van der Waals surface area contributed by atoms with Crippen LogP contribution in [0.25, 0.3) is 6.08 Å². The zero-order valence-electron chi connectivity index (χ0n) is 19.5. The van der Waals surface area contributed by atoms with Crippen LogP contribution in [0.5, 0.6) is 5.75 Å². The number of benzene rings is 2. The summed E-state index contributed by atoms with van der Waals surface area (Å²) in [6.45, 7) is 13.2. The van der Waals surface area contributed by atoms with Crippen LogP contribution in [0.15, 0.2) is 42.5 Å². The molecule has 4 heteroatoms. The summed E-state index contributed by atoms with van der Waals surface area (Å²) < 4.78 is 0. The number of anilines is 1. The van der Waals surface area contributed by atoms with E-state index in [0.29, 0.717) is 17.7 Å². The number of phenolic OH excluding ortho intramolecular Hbond substituents is 1. The zero-order valence-corrected chi connectivity index (χ0v) is 19.5. The molecule has 1 saturated heterocycles. The van der Waals surface area contributed by atoms with Crippen LogP contribution >= 0.6 is 0 Å². The predicted octanol–water partition coefficient (Wildman–Crippen LogP) is 6.01. The second kappa shape index (κ2) is 8.33. The molecule has 0 spiro atoms. The lowest BCUT2D eigenvalue weighted by Crippen LogP contribution is -2.23. The SMILES string of the molecule is CC(C)(C)c1cc(/C=C/C(=O)c2ccc(N3CCCC3=O)cc2)cc(C(C)(C)C)c1O. The van der Waals surface area contributed by atoms with Crippen LogP contribution in [0.4, 0.5) is 5.69 Å². The molecule has 164 valence electrons. The molecule has 2 aromatic carbocycles. The average Bonchev–Trinajstić information content (AvgIpc) is 3.11. The first-order chi connectivity index (χ1) is 14.4. The van der Waals surface area contributed by atoms with E-state index in [9.17, 15) is 14.7 Å². The summed E-state index contributed by atoms with van der Waals surface area (Å²) in [6, 6.07) is 11.1. The third-order valence-electron chi connectivity index (χ3n) is 5.71. The standard InChI is InChI=1S/C27H33NO3/c1-26(2,3)21-16-18(17-22(25(21)31)27(4,5)6)9-14-23(29)19-10-12-20(13-11-19)28-15-7-8-24(28)30/h9-14,16-17,31H,7-8,15H2,1-6H3/b14-9+. The Kier molecular flexibility index (Phi) is 6.13. The lowest BCUT2D eigenvalue weighted by atomic mass is 9.78. The van der Waals surface area contributed by atoms with Gasteiger partial charge in [-0.2, -0.15) is 0 Å². The largest absolute Gasteiger partial charge is 0.507 e. The van der Waals surface area contributed by atoms with E-state index < -0.39 is 0 Å². The number of rotatable bonds is 4. The Hall–Kier alpha value is -2.88. The molecule has 0 radical (unpaired) electrons. The number of carbonyl (C=O) groups is 2. The number of aromatic hydroxyl groups is 1. The van der Waals surface area contributed by atoms with E-state index in [4.69, 9.17) is 0 Å². The fourth-order valence-corrected chi connectivity index (χ4v) is 3.89. The van der Waals surface area contributed by atoms with Gasteiger partial charge in [-0.25, -0.2) is 0 Å². The molecule has 0 saturated carbocycles. The number of carbonyl (C=O) groups excluding carboxylic acids is 2. The van der Waals surface area contributed by atoms with Crippen molar-refractivity contribution in [1.29, 1.82) is 0 Å². The Labute approximate surface area is 185 Å². The third-order valence-corrected chi connectivity index (χ3v) is 5.71. The molecule has 31 heavy (non-hydrogen) atoms. The van der Waals surface area contributed by atoms with Gasteiger partial charge in [-0.05, 0) is 65.3 Å². The molecule has 0 unspecified atom stereocenters. The van der Waals surface area contributed by atoms with Gasteiger partial charge in [-0.3, -0.25) is 9.59 Å². The number of hydrogen-bond acceptors (Lipinski definition) is 3. The molecule has 1 fully saturated rings. The van der Waals surface area contributed by atoms with Crippen molar-refractivity contribution < 1.29 is 14.7 Å². The van der Waals surface area contributed by atoms with Gasteiger partial charge in [0.2, 0.25) is 5.91 Å². The van der Waals surface area contributed by atoms with Crippen molar-refractivity contribution in [2.24, 2.45) is 0 Å². The molecule has 1 amide bonds. The minimum absolute atomic E-state index is 0.0954. The summed E-state index contributed by atoms with van der Waals surface area (Å²) in [5.41, 5.74) is 3.60. The van der Waals surface area contributed by atoms with Gasteiger partial charge in [0.25, 0.3) is 0 Å². The van der Waals surface area contributed by atoms with Gasteiger partial charge in [0, 0.05) is 35.3 Å². The van der Waals surface area contributed by atoms with Crippen molar-refractivity contribution in [1.82, 2.24) is 0 Å². The summed E-state index contributed by atoms with van der Waals surface area (Å²) in [4.78, 5) is 26.4. The van der Waals surface area contributed by atoms with Gasteiger partial charge in [0.1, 0.15) is 5.75 Å². The Morgan fingerprint density at radius 2 is 1.52 bits per heavy atom. The highest BCUT2D eigenvalue weighted by Gasteiger charge is 2.26. The highest BCUT2D eigenvalue weighted by atomic mass is 16.3. The van der Waals surface area contributed by atoms with Crippen molar-refractivity contribution in [3.05, 3.63) is 64.7 Å². The van der Waals surface area contributed by atoms with Crippen LogP contribution in [0.2, 0.25) is 0 Å². The predicted molar refractivity (Wildman–Crippen MR) is 127 cm³/mol. The summed E-state index contributed by atoms with van der Waals surface area (Å²) in [6.07, 6.45) is 4.84. The molecular formula is C27H33NO3. The molecule has 0 aliphatic carbocycles. The van der Waals surface area contributed by atoms with E-state index in [1.165, 1.54) is 0 Å². The molecule has 1 heterocycles. The molecule has 1 aliphatic rings. The third kappa shape index (κ3) is 5.07. The van der Waals surface area contributed by atoms with Crippen molar-refractivity contribution in [2.75, 3.05) is 11.4 Å². The second-order valence-corrected chi connectivity index (χ2v) is 10.4. The smallest absolute Gasteiger partial charge is 0.227 e. The van der Waals surface area contributed by atoms with Gasteiger partial charge in [0.05, 0.1) is 0 Å². The number of ketones is 1. The fraction of sp³-hybridized carbons (Fsp3) is 0.407. The molecule has 1 N–H and O–H groups in total. The number of allylic oxidation sites excluding steroid dienone is 1. The summed E-state index contributed by atoms with van der Waals surface area (Å²) >= 11 is 0. The van der Waals surface area contributed by atoms with Crippen LogP contribution < -0.4 is 4.90 Å². The van der Waals surface area contributed by atoms with Gasteiger partial charge >= 0.3 is 0 Å². The van der Waals surface area contributed by atoms with E-state index in [-0.39, 0.29) is 22.5 Å². The van der Waals surface area contributed by atoms with Gasteiger partial charge in [-0.1, -0.05) is 47.6 Å². The van der Waals surface area contributed by atoms with Crippen LogP contribution in [0, 0.1) is 0 Å². The molecule has 4 nitrogen and oxygen atoms in total. The normalized spacial score (nSPS) is 15.2.